The van der Waals surface area contributed by atoms with Gasteiger partial charge in [0.05, 0.1) is 18.6 Å². The summed E-state index contributed by atoms with van der Waals surface area (Å²) < 4.78 is 5.59. The van der Waals surface area contributed by atoms with Crippen molar-refractivity contribution in [1.82, 2.24) is 0 Å². The summed E-state index contributed by atoms with van der Waals surface area (Å²) in [6.45, 7) is 2.66. The number of hydrogen-bond acceptors (Lipinski definition) is 4. The Hall–Kier alpha value is -1.91. The average Bonchev–Trinajstić information content (AvgIpc) is 2.72. The highest BCUT2D eigenvalue weighted by Gasteiger charge is 2.34. The molecule has 1 aromatic carbocycles. The number of unbranched alkanes of at least 4 members (excludes halogenated alkanes) is 9. The molecule has 0 amide bonds. The molecule has 0 spiro atoms. The average molecular weight is 401 g/mol. The molecule has 0 aromatic heterocycles. The standard InChI is InChI=1S/C25H36O4/c1-2-3-4-5-6-7-8-9-10-14-19-29-25(28)18-17-22(23(26)20-25)24(27)21-15-12-11-13-16-21/h11-13,15-18,27-28H,2-10,14,19-20H2,1H3. The molecule has 1 aromatic rings. The summed E-state index contributed by atoms with van der Waals surface area (Å²) in [7, 11) is 0. The zero-order chi connectivity index (χ0) is 21.0. The van der Waals surface area contributed by atoms with E-state index in [1.54, 1.807) is 24.3 Å². The van der Waals surface area contributed by atoms with Crippen molar-refractivity contribution in [3.63, 3.8) is 0 Å². The van der Waals surface area contributed by atoms with E-state index in [1.807, 2.05) is 6.07 Å². The topological polar surface area (TPSA) is 66.8 Å². The van der Waals surface area contributed by atoms with Gasteiger partial charge >= 0.3 is 0 Å². The minimum Gasteiger partial charge on any atom is -0.507 e. The second-order valence-corrected chi connectivity index (χ2v) is 7.94. The number of hydrogen-bond donors (Lipinski definition) is 2. The van der Waals surface area contributed by atoms with Gasteiger partial charge in [-0.25, -0.2) is 0 Å². The predicted molar refractivity (Wildman–Crippen MR) is 118 cm³/mol. The molecule has 4 nitrogen and oxygen atoms in total. The summed E-state index contributed by atoms with van der Waals surface area (Å²) in [6.07, 6.45) is 15.1. The van der Waals surface area contributed by atoms with Gasteiger partial charge in [0.1, 0.15) is 5.76 Å². The molecule has 0 aliphatic heterocycles. The maximum absolute atomic E-state index is 12.4. The summed E-state index contributed by atoms with van der Waals surface area (Å²) in [5.74, 6) is -1.96. The van der Waals surface area contributed by atoms with Crippen LogP contribution in [0, 0.1) is 0 Å². The van der Waals surface area contributed by atoms with Gasteiger partial charge in [-0.1, -0.05) is 95.0 Å². The van der Waals surface area contributed by atoms with E-state index in [2.05, 4.69) is 6.92 Å². The Morgan fingerprint density at radius 3 is 2.14 bits per heavy atom. The third kappa shape index (κ3) is 8.15. The monoisotopic (exact) mass is 400 g/mol. The molecule has 1 atom stereocenters. The number of Topliss-reactive ketones (excluding diaryl/α,β-unsaturated/α-hetero) is 1. The zero-order valence-corrected chi connectivity index (χ0v) is 17.7. The summed E-state index contributed by atoms with van der Waals surface area (Å²) in [5.41, 5.74) is 0.792. The first-order valence-corrected chi connectivity index (χ1v) is 11.1. The normalized spacial score (nSPS) is 20.8. The number of carbonyl (C=O) groups excluding carboxylic acids is 1. The van der Waals surface area contributed by atoms with Crippen molar-refractivity contribution < 1.29 is 19.7 Å². The fraction of sp³-hybridized carbons (Fsp3) is 0.560. The second kappa shape index (κ2) is 12.6. The van der Waals surface area contributed by atoms with Crippen LogP contribution in [0.25, 0.3) is 5.76 Å². The van der Waals surface area contributed by atoms with E-state index in [-0.39, 0.29) is 23.5 Å². The van der Waals surface area contributed by atoms with Gasteiger partial charge < -0.3 is 14.9 Å². The van der Waals surface area contributed by atoms with Gasteiger partial charge in [0.25, 0.3) is 0 Å². The molecule has 29 heavy (non-hydrogen) atoms. The number of allylic oxidation sites excluding steroid dienone is 2. The fourth-order valence-corrected chi connectivity index (χ4v) is 3.59. The first kappa shape index (κ1) is 23.4. The molecule has 0 heterocycles. The van der Waals surface area contributed by atoms with Gasteiger partial charge in [0, 0.05) is 5.56 Å². The van der Waals surface area contributed by atoms with Crippen molar-refractivity contribution in [3.05, 3.63) is 53.6 Å². The van der Waals surface area contributed by atoms with Crippen molar-refractivity contribution >= 4 is 11.5 Å². The quantitative estimate of drug-likeness (QED) is 0.181. The lowest BCUT2D eigenvalue weighted by molar-refractivity contribution is -0.176. The van der Waals surface area contributed by atoms with E-state index in [1.165, 1.54) is 63.5 Å². The molecule has 1 unspecified atom stereocenters. The van der Waals surface area contributed by atoms with E-state index in [4.69, 9.17) is 4.74 Å². The fourth-order valence-electron chi connectivity index (χ4n) is 3.59. The van der Waals surface area contributed by atoms with E-state index < -0.39 is 5.79 Å². The highest BCUT2D eigenvalue weighted by Crippen LogP contribution is 2.28. The number of ketones is 1. The van der Waals surface area contributed by atoms with Gasteiger partial charge in [-0.3, -0.25) is 4.79 Å². The zero-order valence-electron chi connectivity index (χ0n) is 17.7. The van der Waals surface area contributed by atoms with Crippen LogP contribution >= 0.6 is 0 Å². The van der Waals surface area contributed by atoms with Crippen LogP contribution in [0.3, 0.4) is 0 Å². The number of benzene rings is 1. The Morgan fingerprint density at radius 2 is 1.55 bits per heavy atom. The lowest BCUT2D eigenvalue weighted by Crippen LogP contribution is -2.36. The predicted octanol–water partition coefficient (Wildman–Crippen LogP) is 6.11. The third-order valence-electron chi connectivity index (χ3n) is 5.38. The summed E-state index contributed by atoms with van der Waals surface area (Å²) in [5, 5.41) is 20.9. The number of ether oxygens (including phenoxy) is 1. The van der Waals surface area contributed by atoms with Crippen LogP contribution in [0.2, 0.25) is 0 Å². The van der Waals surface area contributed by atoms with Gasteiger partial charge in [-0.15, -0.1) is 0 Å². The minimum absolute atomic E-state index is 0.0661. The van der Waals surface area contributed by atoms with E-state index in [9.17, 15) is 15.0 Å². The highest BCUT2D eigenvalue weighted by molar-refractivity contribution is 6.05. The van der Waals surface area contributed by atoms with Crippen LogP contribution in [0.1, 0.15) is 83.1 Å². The van der Waals surface area contributed by atoms with Crippen LogP contribution in [-0.2, 0) is 9.53 Å². The van der Waals surface area contributed by atoms with Crippen molar-refractivity contribution in [2.45, 2.75) is 83.3 Å². The molecule has 1 aliphatic carbocycles. The summed E-state index contributed by atoms with van der Waals surface area (Å²) >= 11 is 0. The maximum Gasteiger partial charge on any atom is 0.192 e. The molecule has 0 bridgehead atoms. The Balaban J connectivity index is 1.68. The Bertz CT molecular complexity index is 677. The number of aliphatic hydroxyl groups excluding tert-OH is 1. The maximum atomic E-state index is 12.4. The molecular weight excluding hydrogens is 364 g/mol. The van der Waals surface area contributed by atoms with Crippen molar-refractivity contribution in [2.24, 2.45) is 0 Å². The first-order valence-electron chi connectivity index (χ1n) is 11.1. The molecular formula is C25H36O4. The third-order valence-corrected chi connectivity index (χ3v) is 5.38. The first-order chi connectivity index (χ1) is 14.1. The molecule has 2 N–H and O–H groups in total. The van der Waals surface area contributed by atoms with Crippen LogP contribution in [-0.4, -0.2) is 28.4 Å². The van der Waals surface area contributed by atoms with Gasteiger partial charge in [0.15, 0.2) is 11.6 Å². The summed E-state index contributed by atoms with van der Waals surface area (Å²) in [4.78, 5) is 12.4. The highest BCUT2D eigenvalue weighted by atomic mass is 16.6. The Morgan fingerprint density at radius 1 is 0.966 bits per heavy atom. The molecule has 1 aliphatic rings. The Kier molecular flexibility index (Phi) is 10.2. The largest absolute Gasteiger partial charge is 0.507 e. The number of aliphatic hydroxyl groups is 2. The summed E-state index contributed by atoms with van der Waals surface area (Å²) in [6, 6.07) is 8.93. The van der Waals surface area contributed by atoms with Crippen LogP contribution in [0.15, 0.2) is 48.1 Å². The van der Waals surface area contributed by atoms with Crippen LogP contribution in [0.5, 0.6) is 0 Å². The molecule has 0 saturated carbocycles. The van der Waals surface area contributed by atoms with E-state index in [0.717, 1.165) is 12.8 Å². The molecule has 0 radical (unpaired) electrons. The minimum atomic E-state index is -1.57. The SMILES string of the molecule is CCCCCCCCCCCCOC1(O)C=CC(=C(O)c2ccccc2)C(=O)C1. The second-order valence-electron chi connectivity index (χ2n) is 7.94. The van der Waals surface area contributed by atoms with Gasteiger partial charge in [0.2, 0.25) is 0 Å². The van der Waals surface area contributed by atoms with E-state index in [0.29, 0.717) is 12.2 Å². The smallest absolute Gasteiger partial charge is 0.192 e. The van der Waals surface area contributed by atoms with Gasteiger partial charge in [-0.2, -0.15) is 0 Å². The van der Waals surface area contributed by atoms with E-state index >= 15 is 0 Å². The lowest BCUT2D eigenvalue weighted by atomic mass is 9.93. The van der Waals surface area contributed by atoms with Crippen molar-refractivity contribution in [3.8, 4) is 0 Å². The molecule has 160 valence electrons. The Labute approximate surface area is 175 Å². The van der Waals surface area contributed by atoms with Crippen LogP contribution < -0.4 is 0 Å². The lowest BCUT2D eigenvalue weighted by Gasteiger charge is -2.28. The number of carbonyl (C=O) groups is 1. The van der Waals surface area contributed by atoms with Crippen molar-refractivity contribution in [1.29, 1.82) is 0 Å². The molecule has 0 saturated heterocycles. The molecule has 2 rings (SSSR count). The molecule has 0 fully saturated rings. The number of rotatable bonds is 13. The van der Waals surface area contributed by atoms with Crippen molar-refractivity contribution in [2.75, 3.05) is 6.61 Å². The molecule has 4 heteroatoms. The van der Waals surface area contributed by atoms with Crippen LogP contribution in [0.4, 0.5) is 0 Å². The van der Waals surface area contributed by atoms with Gasteiger partial charge in [-0.05, 0) is 18.6 Å².